The van der Waals surface area contributed by atoms with Crippen LogP contribution in [0, 0.1) is 17.2 Å². The predicted molar refractivity (Wildman–Crippen MR) is 63.4 cm³/mol. The molecule has 2 rings (SSSR count). The van der Waals surface area contributed by atoms with Gasteiger partial charge in [0.05, 0.1) is 16.7 Å². The normalized spacial score (nSPS) is 16.6. The molecule has 0 spiro atoms. The number of nitrogens with one attached hydrogen (secondary N) is 1. The molecule has 1 unspecified atom stereocenters. The van der Waals surface area contributed by atoms with Crippen molar-refractivity contribution in [2.45, 2.75) is 18.9 Å². The van der Waals surface area contributed by atoms with E-state index in [4.69, 9.17) is 16.9 Å². The second-order valence-corrected chi connectivity index (χ2v) is 4.50. The van der Waals surface area contributed by atoms with E-state index in [2.05, 4.69) is 5.32 Å². The number of nitrogens with zero attached hydrogens (tertiary/aromatic N) is 1. The molecular weight excluding hydrogens is 224 g/mol. The number of rotatable bonds is 4. The summed E-state index contributed by atoms with van der Waals surface area (Å²) >= 11 is 5.89. The van der Waals surface area contributed by atoms with E-state index in [1.54, 1.807) is 18.2 Å². The van der Waals surface area contributed by atoms with Crippen LogP contribution in [0.2, 0.25) is 5.02 Å². The number of aliphatic hydroxyl groups is 1. The average Bonchev–Trinajstić information content (AvgIpc) is 3.10. The van der Waals surface area contributed by atoms with Gasteiger partial charge in [0.15, 0.2) is 0 Å². The lowest BCUT2D eigenvalue weighted by molar-refractivity contribution is 0.164. The lowest BCUT2D eigenvalue weighted by atomic mass is 10.2. The number of anilines is 1. The Kier molecular flexibility index (Phi) is 3.33. The van der Waals surface area contributed by atoms with Gasteiger partial charge >= 0.3 is 0 Å². The second-order valence-electron chi connectivity index (χ2n) is 4.09. The number of benzene rings is 1. The molecule has 1 aromatic rings. The topological polar surface area (TPSA) is 56.0 Å². The minimum atomic E-state index is -0.283. The van der Waals surface area contributed by atoms with Crippen molar-refractivity contribution in [1.29, 1.82) is 5.26 Å². The molecule has 1 atom stereocenters. The second kappa shape index (κ2) is 4.73. The third kappa shape index (κ3) is 2.66. The average molecular weight is 237 g/mol. The third-order valence-electron chi connectivity index (χ3n) is 2.77. The Morgan fingerprint density at radius 3 is 2.88 bits per heavy atom. The summed E-state index contributed by atoms with van der Waals surface area (Å²) in [6.45, 7) is 0.535. The van der Waals surface area contributed by atoms with Gasteiger partial charge in [-0.3, -0.25) is 0 Å². The zero-order chi connectivity index (χ0) is 11.5. The summed E-state index contributed by atoms with van der Waals surface area (Å²) in [7, 11) is 0. The van der Waals surface area contributed by atoms with Gasteiger partial charge in [0.1, 0.15) is 6.07 Å². The molecule has 0 radical (unpaired) electrons. The van der Waals surface area contributed by atoms with Crippen molar-refractivity contribution in [3.8, 4) is 6.07 Å². The van der Waals surface area contributed by atoms with Crippen molar-refractivity contribution in [2.75, 3.05) is 11.9 Å². The zero-order valence-electron chi connectivity index (χ0n) is 8.78. The zero-order valence-corrected chi connectivity index (χ0v) is 9.54. The van der Waals surface area contributed by atoms with Gasteiger partial charge in [-0.05, 0) is 37.0 Å². The smallest absolute Gasteiger partial charge is 0.101 e. The Hall–Kier alpha value is -1.24. The van der Waals surface area contributed by atoms with Crippen LogP contribution in [0.3, 0.4) is 0 Å². The molecule has 2 N–H and O–H groups in total. The molecule has 1 fully saturated rings. The highest BCUT2D eigenvalue weighted by Crippen LogP contribution is 2.32. The van der Waals surface area contributed by atoms with Gasteiger partial charge in [-0.2, -0.15) is 5.26 Å². The number of halogens is 1. The van der Waals surface area contributed by atoms with Crippen molar-refractivity contribution >= 4 is 17.3 Å². The molecule has 1 aliphatic carbocycles. The Bertz CT molecular complexity index is 424. The SMILES string of the molecule is N#Cc1ccc(NCC(O)C2CC2)cc1Cl. The van der Waals surface area contributed by atoms with Gasteiger partial charge in [0, 0.05) is 12.2 Å². The van der Waals surface area contributed by atoms with Gasteiger partial charge in [-0.15, -0.1) is 0 Å². The number of hydrogen-bond donors (Lipinski definition) is 2. The van der Waals surface area contributed by atoms with Crippen LogP contribution in [0.1, 0.15) is 18.4 Å². The van der Waals surface area contributed by atoms with Crippen LogP contribution in [0.15, 0.2) is 18.2 Å². The van der Waals surface area contributed by atoms with Crippen LogP contribution in [0.25, 0.3) is 0 Å². The molecule has 1 saturated carbocycles. The standard InChI is InChI=1S/C12H13ClN2O/c13-11-5-10(4-3-9(11)6-14)15-7-12(16)8-1-2-8/h3-5,8,12,15-16H,1-2,7H2. The van der Waals surface area contributed by atoms with Crippen LogP contribution >= 0.6 is 11.6 Å². The largest absolute Gasteiger partial charge is 0.391 e. The number of hydrogen-bond acceptors (Lipinski definition) is 3. The molecule has 16 heavy (non-hydrogen) atoms. The van der Waals surface area contributed by atoms with Gasteiger partial charge in [-0.25, -0.2) is 0 Å². The van der Waals surface area contributed by atoms with Crippen molar-refractivity contribution in [3.63, 3.8) is 0 Å². The van der Waals surface area contributed by atoms with Crippen molar-refractivity contribution in [3.05, 3.63) is 28.8 Å². The van der Waals surface area contributed by atoms with Crippen LogP contribution in [-0.4, -0.2) is 17.8 Å². The van der Waals surface area contributed by atoms with E-state index in [0.29, 0.717) is 23.0 Å². The lowest BCUT2D eigenvalue weighted by Crippen LogP contribution is -2.21. The molecule has 0 bridgehead atoms. The summed E-state index contributed by atoms with van der Waals surface area (Å²) in [4.78, 5) is 0. The molecule has 84 valence electrons. The quantitative estimate of drug-likeness (QED) is 0.844. The molecule has 4 heteroatoms. The van der Waals surface area contributed by atoms with Crippen LogP contribution < -0.4 is 5.32 Å². The van der Waals surface area contributed by atoms with E-state index in [9.17, 15) is 5.11 Å². The predicted octanol–water partition coefficient (Wildman–Crippen LogP) is 2.39. The Morgan fingerprint density at radius 1 is 1.56 bits per heavy atom. The van der Waals surface area contributed by atoms with Crippen molar-refractivity contribution in [1.82, 2.24) is 0 Å². The highest BCUT2D eigenvalue weighted by atomic mass is 35.5. The van der Waals surface area contributed by atoms with E-state index in [1.807, 2.05) is 6.07 Å². The monoisotopic (exact) mass is 236 g/mol. The van der Waals surface area contributed by atoms with E-state index in [-0.39, 0.29) is 6.10 Å². The summed E-state index contributed by atoms with van der Waals surface area (Å²) in [5.41, 5.74) is 1.30. The maximum Gasteiger partial charge on any atom is 0.101 e. The highest BCUT2D eigenvalue weighted by Gasteiger charge is 2.29. The van der Waals surface area contributed by atoms with Crippen LogP contribution in [0.4, 0.5) is 5.69 Å². The summed E-state index contributed by atoms with van der Waals surface area (Å²) in [6, 6.07) is 7.18. The first-order chi connectivity index (χ1) is 7.70. The van der Waals surface area contributed by atoms with E-state index < -0.39 is 0 Å². The molecule has 0 heterocycles. The summed E-state index contributed by atoms with van der Waals surface area (Å²) < 4.78 is 0. The molecule has 0 aromatic heterocycles. The maximum absolute atomic E-state index is 9.67. The van der Waals surface area contributed by atoms with Gasteiger partial charge < -0.3 is 10.4 Å². The summed E-state index contributed by atoms with van der Waals surface area (Å²) in [6.07, 6.45) is 1.96. The fourth-order valence-electron chi connectivity index (χ4n) is 1.59. The number of nitriles is 1. The Balaban J connectivity index is 1.94. The number of aliphatic hydroxyl groups excluding tert-OH is 1. The van der Waals surface area contributed by atoms with E-state index in [0.717, 1.165) is 18.5 Å². The first-order valence-electron chi connectivity index (χ1n) is 5.32. The van der Waals surface area contributed by atoms with E-state index in [1.165, 1.54) is 0 Å². The van der Waals surface area contributed by atoms with Crippen molar-refractivity contribution in [2.24, 2.45) is 5.92 Å². The Labute approximate surface area is 99.7 Å². The molecule has 1 aliphatic rings. The van der Waals surface area contributed by atoms with Gasteiger partial charge in [-0.1, -0.05) is 11.6 Å². The first kappa shape index (κ1) is 11.3. The first-order valence-corrected chi connectivity index (χ1v) is 5.70. The van der Waals surface area contributed by atoms with Crippen LogP contribution in [-0.2, 0) is 0 Å². The molecular formula is C12H13ClN2O. The van der Waals surface area contributed by atoms with Gasteiger partial charge in [0.2, 0.25) is 0 Å². The third-order valence-corrected chi connectivity index (χ3v) is 3.08. The molecule has 0 amide bonds. The summed E-state index contributed by atoms with van der Waals surface area (Å²) in [5, 5.41) is 21.9. The molecule has 3 nitrogen and oxygen atoms in total. The summed E-state index contributed by atoms with van der Waals surface area (Å²) in [5.74, 6) is 0.460. The molecule has 0 saturated heterocycles. The van der Waals surface area contributed by atoms with Crippen LogP contribution in [0.5, 0.6) is 0 Å². The van der Waals surface area contributed by atoms with Crippen molar-refractivity contribution < 1.29 is 5.11 Å². The minimum Gasteiger partial charge on any atom is -0.391 e. The lowest BCUT2D eigenvalue weighted by Gasteiger charge is -2.12. The molecule has 0 aliphatic heterocycles. The fraction of sp³-hybridized carbons (Fsp3) is 0.417. The van der Waals surface area contributed by atoms with E-state index >= 15 is 0 Å². The fourth-order valence-corrected chi connectivity index (χ4v) is 1.81. The van der Waals surface area contributed by atoms with Gasteiger partial charge in [0.25, 0.3) is 0 Å². The minimum absolute atomic E-state index is 0.283. The molecule has 1 aromatic carbocycles. The highest BCUT2D eigenvalue weighted by molar-refractivity contribution is 6.32. The Morgan fingerprint density at radius 2 is 2.31 bits per heavy atom. The maximum atomic E-state index is 9.67.